The third-order valence-corrected chi connectivity index (χ3v) is 4.15. The van der Waals surface area contributed by atoms with Crippen LogP contribution in [0.5, 0.6) is 11.5 Å². The number of nitrogen functional groups attached to an aromatic ring is 1. The lowest BCUT2D eigenvalue weighted by Crippen LogP contribution is -2.35. The second kappa shape index (κ2) is 5.31. The molecule has 0 radical (unpaired) electrons. The fraction of sp³-hybridized carbons (Fsp3) is 0.438. The van der Waals surface area contributed by atoms with Gasteiger partial charge in [0.25, 0.3) is 5.56 Å². The summed E-state index contributed by atoms with van der Waals surface area (Å²) in [5, 5.41) is 0.853. The number of nitrogens with zero attached hydrogens (tertiary/aromatic N) is 1. The van der Waals surface area contributed by atoms with Gasteiger partial charge in [-0.25, -0.2) is 4.68 Å². The van der Waals surface area contributed by atoms with Crippen molar-refractivity contribution in [3.8, 4) is 11.5 Å². The maximum absolute atomic E-state index is 12.5. The van der Waals surface area contributed by atoms with E-state index in [1.54, 1.807) is 20.3 Å². The molecule has 0 atom stereocenters. The Morgan fingerprint density at radius 1 is 1.14 bits per heavy atom. The van der Waals surface area contributed by atoms with E-state index in [2.05, 4.69) is 6.92 Å². The summed E-state index contributed by atoms with van der Waals surface area (Å²) in [5.74, 6) is 7.16. The van der Waals surface area contributed by atoms with E-state index in [1.165, 1.54) is 4.68 Å². The third kappa shape index (κ3) is 2.44. The molecule has 0 saturated heterocycles. The minimum Gasteiger partial charge on any atom is -0.493 e. The van der Waals surface area contributed by atoms with Crippen molar-refractivity contribution in [2.75, 3.05) is 20.1 Å². The predicted octanol–water partition coefficient (Wildman–Crippen LogP) is 2.42. The molecule has 1 aromatic heterocycles. The Kier molecular flexibility index (Phi) is 3.85. The van der Waals surface area contributed by atoms with Crippen molar-refractivity contribution >= 4 is 10.9 Å². The Balaban J connectivity index is 2.85. The van der Waals surface area contributed by atoms with E-state index < -0.39 is 0 Å². The number of ether oxygens (including phenoxy) is 2. The molecule has 0 aliphatic carbocycles. The average Bonchev–Trinajstić information content (AvgIpc) is 2.49. The van der Waals surface area contributed by atoms with E-state index in [0.717, 1.165) is 11.8 Å². The molecule has 0 fully saturated rings. The van der Waals surface area contributed by atoms with Gasteiger partial charge in [-0.05, 0) is 24.0 Å². The highest BCUT2D eigenvalue weighted by Crippen LogP contribution is 2.33. The van der Waals surface area contributed by atoms with Gasteiger partial charge in [-0.2, -0.15) is 0 Å². The van der Waals surface area contributed by atoms with Gasteiger partial charge in [-0.15, -0.1) is 0 Å². The molecule has 21 heavy (non-hydrogen) atoms. The number of pyridine rings is 1. The van der Waals surface area contributed by atoms with Crippen LogP contribution in [0.25, 0.3) is 10.9 Å². The number of hydrogen-bond acceptors (Lipinski definition) is 4. The molecule has 1 aromatic carbocycles. The highest BCUT2D eigenvalue weighted by atomic mass is 16.5. The van der Waals surface area contributed by atoms with E-state index in [1.807, 2.05) is 26.0 Å². The number of fused-ring (bicyclic) bond motifs is 1. The maximum atomic E-state index is 12.5. The summed E-state index contributed by atoms with van der Waals surface area (Å²) in [5.41, 5.74) is 0.904. The number of hydrogen-bond donors (Lipinski definition) is 1. The van der Waals surface area contributed by atoms with E-state index in [4.69, 9.17) is 15.3 Å². The summed E-state index contributed by atoms with van der Waals surface area (Å²) < 4.78 is 11.8. The summed E-state index contributed by atoms with van der Waals surface area (Å²) in [6, 6.07) is 5.46. The fourth-order valence-electron chi connectivity index (χ4n) is 2.34. The summed E-state index contributed by atoms with van der Waals surface area (Å²) in [4.78, 5) is 12.5. The lowest BCUT2D eigenvalue weighted by atomic mass is 9.82. The minimum absolute atomic E-state index is 0.179. The Bertz CT molecular complexity index is 732. The Labute approximate surface area is 124 Å². The Morgan fingerprint density at radius 3 is 2.24 bits per heavy atom. The first kappa shape index (κ1) is 15.2. The first-order chi connectivity index (χ1) is 9.85. The zero-order chi connectivity index (χ0) is 15.8. The quantitative estimate of drug-likeness (QED) is 0.878. The van der Waals surface area contributed by atoms with Crippen molar-refractivity contribution in [1.82, 2.24) is 4.68 Å². The normalized spacial score (nSPS) is 11.7. The zero-order valence-corrected chi connectivity index (χ0v) is 13.2. The topological polar surface area (TPSA) is 66.5 Å². The number of rotatable bonds is 4. The van der Waals surface area contributed by atoms with Crippen molar-refractivity contribution in [2.24, 2.45) is 0 Å². The molecule has 2 rings (SSSR count). The molecule has 5 nitrogen and oxygen atoms in total. The molecular formula is C16H22N2O3. The van der Waals surface area contributed by atoms with Crippen molar-refractivity contribution in [2.45, 2.75) is 32.6 Å². The smallest absolute Gasteiger partial charge is 0.272 e. The molecule has 0 aliphatic rings. The standard InChI is InChI=1S/C16H22N2O3/c1-6-16(2,3)11-7-10-8-13(20-4)14(21-5)9-12(10)18(17)15(11)19/h7-9H,6,17H2,1-5H3. The van der Waals surface area contributed by atoms with Crippen LogP contribution in [-0.4, -0.2) is 18.9 Å². The molecule has 0 bridgehead atoms. The maximum Gasteiger partial charge on any atom is 0.272 e. The first-order valence-electron chi connectivity index (χ1n) is 6.93. The van der Waals surface area contributed by atoms with Gasteiger partial charge in [-0.1, -0.05) is 20.8 Å². The molecular weight excluding hydrogens is 268 g/mol. The van der Waals surface area contributed by atoms with Gasteiger partial charge in [0.05, 0.1) is 19.7 Å². The van der Waals surface area contributed by atoms with Crippen molar-refractivity contribution < 1.29 is 9.47 Å². The molecule has 0 unspecified atom stereocenters. The number of nitrogens with two attached hydrogens (primary N) is 1. The average molecular weight is 290 g/mol. The van der Waals surface area contributed by atoms with Crippen LogP contribution in [-0.2, 0) is 5.41 Å². The highest BCUT2D eigenvalue weighted by molar-refractivity contribution is 5.84. The summed E-state index contributed by atoms with van der Waals surface area (Å²) >= 11 is 0. The van der Waals surface area contributed by atoms with Crippen LogP contribution in [0.3, 0.4) is 0 Å². The van der Waals surface area contributed by atoms with Crippen molar-refractivity contribution in [1.29, 1.82) is 0 Å². The van der Waals surface area contributed by atoms with Gasteiger partial charge in [0.2, 0.25) is 0 Å². The zero-order valence-electron chi connectivity index (χ0n) is 13.2. The van der Waals surface area contributed by atoms with Gasteiger partial charge in [-0.3, -0.25) is 4.79 Å². The molecule has 5 heteroatoms. The fourth-order valence-corrected chi connectivity index (χ4v) is 2.34. The van der Waals surface area contributed by atoms with Gasteiger partial charge in [0.1, 0.15) is 0 Å². The van der Waals surface area contributed by atoms with E-state index in [9.17, 15) is 4.79 Å². The summed E-state index contributed by atoms with van der Waals surface area (Å²) in [6.07, 6.45) is 0.848. The van der Waals surface area contributed by atoms with Crippen molar-refractivity contribution in [3.63, 3.8) is 0 Å². The van der Waals surface area contributed by atoms with Crippen LogP contribution in [0.4, 0.5) is 0 Å². The number of methoxy groups -OCH3 is 2. The van der Waals surface area contributed by atoms with Gasteiger partial charge < -0.3 is 15.3 Å². The van der Waals surface area contributed by atoms with Crippen LogP contribution in [0.2, 0.25) is 0 Å². The second-order valence-corrected chi connectivity index (χ2v) is 5.74. The Hall–Kier alpha value is -2.17. The minimum atomic E-state index is -0.237. The third-order valence-electron chi connectivity index (χ3n) is 4.15. The number of aromatic nitrogens is 1. The van der Waals surface area contributed by atoms with Gasteiger partial charge >= 0.3 is 0 Å². The molecule has 0 amide bonds. The molecule has 0 saturated carbocycles. The van der Waals surface area contributed by atoms with E-state index in [-0.39, 0.29) is 11.0 Å². The van der Waals surface area contributed by atoms with Gasteiger partial charge in [0.15, 0.2) is 11.5 Å². The molecule has 2 aromatic rings. The molecule has 1 heterocycles. The van der Waals surface area contributed by atoms with Crippen LogP contribution < -0.4 is 20.9 Å². The number of benzene rings is 1. The first-order valence-corrected chi connectivity index (χ1v) is 6.93. The van der Waals surface area contributed by atoms with Crippen LogP contribution in [0.15, 0.2) is 23.0 Å². The molecule has 0 aliphatic heterocycles. The lowest BCUT2D eigenvalue weighted by molar-refractivity contribution is 0.355. The Morgan fingerprint density at radius 2 is 1.71 bits per heavy atom. The van der Waals surface area contributed by atoms with Crippen LogP contribution >= 0.6 is 0 Å². The van der Waals surface area contributed by atoms with Crippen LogP contribution in [0, 0.1) is 0 Å². The largest absolute Gasteiger partial charge is 0.493 e. The highest BCUT2D eigenvalue weighted by Gasteiger charge is 2.24. The van der Waals surface area contributed by atoms with E-state index >= 15 is 0 Å². The lowest BCUT2D eigenvalue weighted by Gasteiger charge is -2.23. The monoisotopic (exact) mass is 290 g/mol. The molecule has 114 valence electrons. The second-order valence-electron chi connectivity index (χ2n) is 5.74. The summed E-state index contributed by atoms with van der Waals surface area (Å²) in [6.45, 7) is 6.13. The van der Waals surface area contributed by atoms with Crippen LogP contribution in [0.1, 0.15) is 32.8 Å². The SMILES string of the molecule is CCC(C)(C)c1cc2cc(OC)c(OC)cc2n(N)c1=O. The van der Waals surface area contributed by atoms with E-state index in [0.29, 0.717) is 22.6 Å². The predicted molar refractivity (Wildman–Crippen MR) is 84.8 cm³/mol. The van der Waals surface area contributed by atoms with Crippen molar-refractivity contribution in [3.05, 3.63) is 34.1 Å². The van der Waals surface area contributed by atoms with Gasteiger partial charge in [0, 0.05) is 17.0 Å². The summed E-state index contributed by atoms with van der Waals surface area (Å²) in [7, 11) is 3.14. The molecule has 2 N–H and O–H groups in total. The molecule has 0 spiro atoms.